The molecule has 2 fully saturated rings. The zero-order valence-electron chi connectivity index (χ0n) is 23.3. The summed E-state index contributed by atoms with van der Waals surface area (Å²) >= 11 is 12.5. The van der Waals surface area contributed by atoms with Crippen molar-refractivity contribution < 1.29 is 14.5 Å². The van der Waals surface area contributed by atoms with Crippen LogP contribution in [0.2, 0.25) is 10.0 Å². The number of ketones is 1. The number of carbonyl (C=O) groups is 2. The predicted molar refractivity (Wildman–Crippen MR) is 170 cm³/mol. The van der Waals surface area contributed by atoms with E-state index in [-0.39, 0.29) is 23.4 Å². The second-order valence-electron chi connectivity index (χ2n) is 11.9. The van der Waals surface area contributed by atoms with Gasteiger partial charge in [0.25, 0.3) is 11.6 Å². The lowest BCUT2D eigenvalue weighted by Crippen LogP contribution is -2.60. The molecule has 1 amide bonds. The van der Waals surface area contributed by atoms with Crippen molar-refractivity contribution in [3.63, 3.8) is 0 Å². The zero-order valence-corrected chi connectivity index (χ0v) is 24.8. The molecule has 7 nitrogen and oxygen atoms in total. The van der Waals surface area contributed by atoms with Gasteiger partial charge in [0.05, 0.1) is 10.3 Å². The van der Waals surface area contributed by atoms with Crippen LogP contribution in [0.5, 0.6) is 0 Å². The standard InChI is InChI=1S/C35H25Cl2N3O4/c36-22-11-7-20(8-12-22)18-26-25-4-1-2-5-27(25)34(32(26)41)31(21-9-13-23(37)14-10-21)30-6-3-17-39(30)35(34)28-19-24(40(43)44)15-16-29(28)38-33(35)42/h1-2,4-5,7-16,18-19,30-31H,3,6,17H2,(H,38,42)/b26-18+/t30-,31-,34-,35+/m0/s1. The van der Waals surface area contributed by atoms with Crippen molar-refractivity contribution in [2.75, 3.05) is 11.9 Å². The van der Waals surface area contributed by atoms with Gasteiger partial charge in [0.2, 0.25) is 0 Å². The van der Waals surface area contributed by atoms with Gasteiger partial charge in [-0.15, -0.1) is 0 Å². The number of Topliss-reactive ketones (excluding diaryl/α,β-unsaturated/α-hetero) is 1. The van der Waals surface area contributed by atoms with Crippen LogP contribution in [-0.4, -0.2) is 34.1 Å². The molecule has 0 unspecified atom stereocenters. The minimum Gasteiger partial charge on any atom is -0.324 e. The van der Waals surface area contributed by atoms with Crippen molar-refractivity contribution in [1.82, 2.24) is 4.90 Å². The Morgan fingerprint density at radius 2 is 1.61 bits per heavy atom. The van der Waals surface area contributed by atoms with E-state index in [0.29, 0.717) is 33.4 Å². The van der Waals surface area contributed by atoms with E-state index in [1.807, 2.05) is 66.7 Å². The predicted octanol–water partition coefficient (Wildman–Crippen LogP) is 7.37. The van der Waals surface area contributed by atoms with E-state index in [2.05, 4.69) is 10.2 Å². The molecule has 0 aromatic heterocycles. The normalized spacial score (nSPS) is 27.6. The summed E-state index contributed by atoms with van der Waals surface area (Å²) in [6.45, 7) is 0.567. The van der Waals surface area contributed by atoms with Crippen LogP contribution >= 0.6 is 23.2 Å². The fourth-order valence-electron chi connectivity index (χ4n) is 8.56. The van der Waals surface area contributed by atoms with Crippen LogP contribution in [0.1, 0.15) is 46.6 Å². The van der Waals surface area contributed by atoms with E-state index in [0.717, 1.165) is 35.1 Å². The SMILES string of the molecule is O=C1/C(=C/c2ccc(Cl)cc2)c2ccccc2[C@]12[C@@H](c1ccc(Cl)cc1)[C@@H]1CCCN1[C@]21C(=O)Nc2ccc([N+](=O)[O-])cc21. The topological polar surface area (TPSA) is 92.6 Å². The molecule has 44 heavy (non-hydrogen) atoms. The number of hydrogen-bond acceptors (Lipinski definition) is 5. The number of hydrogen-bond donors (Lipinski definition) is 1. The van der Waals surface area contributed by atoms with E-state index >= 15 is 4.79 Å². The molecule has 4 aromatic rings. The first-order valence-electron chi connectivity index (χ1n) is 14.5. The van der Waals surface area contributed by atoms with Crippen LogP contribution in [0, 0.1) is 10.1 Å². The number of rotatable bonds is 3. The summed E-state index contributed by atoms with van der Waals surface area (Å²) in [5.41, 5.74) is 1.56. The highest BCUT2D eigenvalue weighted by atomic mass is 35.5. The molecule has 2 saturated heterocycles. The summed E-state index contributed by atoms with van der Waals surface area (Å²) in [4.78, 5) is 44.2. The number of non-ortho nitro benzene ring substituents is 1. The summed E-state index contributed by atoms with van der Waals surface area (Å²) in [7, 11) is 0. The Morgan fingerprint density at radius 3 is 2.34 bits per heavy atom. The Labute approximate surface area is 263 Å². The van der Waals surface area contributed by atoms with Crippen molar-refractivity contribution >= 4 is 57.9 Å². The molecule has 1 aliphatic carbocycles. The molecule has 0 saturated carbocycles. The van der Waals surface area contributed by atoms with Crippen molar-refractivity contribution in [2.45, 2.75) is 35.8 Å². The van der Waals surface area contributed by atoms with Crippen LogP contribution in [0.4, 0.5) is 11.4 Å². The number of fused-ring (bicyclic) bond motifs is 7. The van der Waals surface area contributed by atoms with Crippen LogP contribution < -0.4 is 5.32 Å². The van der Waals surface area contributed by atoms with Gasteiger partial charge in [-0.2, -0.15) is 0 Å². The molecule has 0 bridgehead atoms. The molecule has 3 aliphatic heterocycles. The molecular formula is C35H25Cl2N3O4. The molecule has 2 spiro atoms. The van der Waals surface area contributed by atoms with Crippen molar-refractivity contribution in [2.24, 2.45) is 0 Å². The second-order valence-corrected chi connectivity index (χ2v) is 12.7. The van der Waals surface area contributed by atoms with Crippen LogP contribution in [-0.2, 0) is 20.5 Å². The number of anilines is 1. The van der Waals surface area contributed by atoms with E-state index < -0.39 is 21.8 Å². The number of nitro groups is 1. The molecule has 9 heteroatoms. The van der Waals surface area contributed by atoms with E-state index in [4.69, 9.17) is 23.2 Å². The lowest BCUT2D eigenvalue weighted by atomic mass is 9.56. The number of halogens is 2. The maximum absolute atomic E-state index is 15.6. The Morgan fingerprint density at radius 1 is 0.909 bits per heavy atom. The third-order valence-corrected chi connectivity index (χ3v) is 10.5. The van der Waals surface area contributed by atoms with Gasteiger partial charge in [-0.05, 0) is 78.0 Å². The Kier molecular flexibility index (Phi) is 5.95. The summed E-state index contributed by atoms with van der Waals surface area (Å²) in [5.74, 6) is -0.965. The van der Waals surface area contributed by atoms with Crippen molar-refractivity contribution in [1.29, 1.82) is 0 Å². The van der Waals surface area contributed by atoms with Gasteiger partial charge in [0, 0.05) is 51.0 Å². The molecule has 4 atom stereocenters. The number of benzene rings is 4. The van der Waals surface area contributed by atoms with E-state index in [1.54, 1.807) is 18.2 Å². The molecule has 1 N–H and O–H groups in total. The molecule has 4 aromatic carbocycles. The molecular weight excluding hydrogens is 597 g/mol. The van der Waals surface area contributed by atoms with Crippen molar-refractivity contribution in [3.8, 4) is 0 Å². The quantitative estimate of drug-likeness (QED) is 0.146. The van der Waals surface area contributed by atoms with Gasteiger partial charge in [0.15, 0.2) is 5.78 Å². The minimum absolute atomic E-state index is 0.129. The van der Waals surface area contributed by atoms with Crippen molar-refractivity contribution in [3.05, 3.63) is 139 Å². The summed E-state index contributed by atoms with van der Waals surface area (Å²) < 4.78 is 0. The number of nitrogens with zero attached hydrogens (tertiary/aromatic N) is 2. The molecule has 4 aliphatic rings. The molecule has 0 radical (unpaired) electrons. The van der Waals surface area contributed by atoms with Gasteiger partial charge < -0.3 is 5.32 Å². The first-order chi connectivity index (χ1) is 21.3. The number of carbonyl (C=O) groups excluding carboxylic acids is 2. The molecule has 8 rings (SSSR count). The third-order valence-electron chi connectivity index (χ3n) is 9.99. The second kappa shape index (κ2) is 9.60. The van der Waals surface area contributed by atoms with Crippen LogP contribution in [0.15, 0.2) is 91.0 Å². The smallest absolute Gasteiger partial charge is 0.269 e. The van der Waals surface area contributed by atoms with Gasteiger partial charge in [0.1, 0.15) is 5.54 Å². The maximum Gasteiger partial charge on any atom is 0.269 e. The fourth-order valence-corrected chi connectivity index (χ4v) is 8.81. The number of nitro benzene ring substituents is 1. The Bertz CT molecular complexity index is 1940. The lowest BCUT2D eigenvalue weighted by molar-refractivity contribution is -0.385. The number of allylic oxidation sites excluding steroid dienone is 1. The van der Waals surface area contributed by atoms with E-state index in [1.165, 1.54) is 12.1 Å². The molecule has 218 valence electrons. The average Bonchev–Trinajstić information content (AvgIpc) is 3.73. The summed E-state index contributed by atoms with van der Waals surface area (Å²) in [6.07, 6.45) is 3.46. The number of nitrogens with one attached hydrogen (secondary N) is 1. The van der Waals surface area contributed by atoms with Crippen LogP contribution in [0.3, 0.4) is 0 Å². The third kappa shape index (κ3) is 3.37. The first kappa shape index (κ1) is 27.3. The fraction of sp³-hybridized carbons (Fsp3) is 0.200. The lowest BCUT2D eigenvalue weighted by Gasteiger charge is -2.44. The van der Waals surface area contributed by atoms with Crippen LogP contribution in [0.25, 0.3) is 11.6 Å². The minimum atomic E-state index is -1.53. The first-order valence-corrected chi connectivity index (χ1v) is 15.3. The maximum atomic E-state index is 15.6. The van der Waals surface area contributed by atoms with Gasteiger partial charge >= 0.3 is 0 Å². The van der Waals surface area contributed by atoms with E-state index in [9.17, 15) is 14.9 Å². The van der Waals surface area contributed by atoms with Gasteiger partial charge in [-0.3, -0.25) is 24.6 Å². The number of amides is 1. The summed E-state index contributed by atoms with van der Waals surface area (Å²) in [5, 5.41) is 16.3. The highest BCUT2D eigenvalue weighted by molar-refractivity contribution is 6.36. The van der Waals surface area contributed by atoms with Gasteiger partial charge in [-0.1, -0.05) is 71.7 Å². The summed E-state index contributed by atoms with van der Waals surface area (Å²) in [6, 6.07) is 26.8. The zero-order chi connectivity index (χ0) is 30.4. The Balaban J connectivity index is 1.50. The Hall–Kier alpha value is -4.30. The van der Waals surface area contributed by atoms with Gasteiger partial charge in [-0.25, -0.2) is 0 Å². The average molecular weight is 623 g/mol. The largest absolute Gasteiger partial charge is 0.324 e. The highest BCUT2D eigenvalue weighted by Gasteiger charge is 2.80. The monoisotopic (exact) mass is 621 g/mol. The highest BCUT2D eigenvalue weighted by Crippen LogP contribution is 2.71. The molecule has 3 heterocycles.